The summed E-state index contributed by atoms with van der Waals surface area (Å²) in [7, 11) is 0. The second-order valence-electron chi connectivity index (χ2n) is 2.36. The van der Waals surface area contributed by atoms with Crippen molar-refractivity contribution in [2.24, 2.45) is 0 Å². The molecule has 70 valence electrons. The molecular weight excluding hydrogens is 192 g/mol. The molecule has 1 aromatic carbocycles. The van der Waals surface area contributed by atoms with Crippen molar-refractivity contribution in [1.82, 2.24) is 0 Å². The molecule has 3 nitrogen and oxygen atoms in total. The van der Waals surface area contributed by atoms with Crippen molar-refractivity contribution in [1.29, 1.82) is 0 Å². The van der Waals surface area contributed by atoms with Crippen molar-refractivity contribution in [2.45, 2.75) is 6.92 Å². The van der Waals surface area contributed by atoms with Gasteiger partial charge in [-0.1, -0.05) is 17.7 Å². The van der Waals surface area contributed by atoms with Crippen LogP contribution < -0.4 is 4.74 Å². The van der Waals surface area contributed by atoms with Crippen LogP contribution in [0, 0.1) is 0 Å². The van der Waals surface area contributed by atoms with Crippen LogP contribution in [-0.2, 0) is 0 Å². The standard InChI is InChI=1S/C9H9ClO3/c1-2-13-7-5-3-4-6(8(7)10)9(11)12/h3-5H,2H2,1H3,(H,11,12). The van der Waals surface area contributed by atoms with Crippen LogP contribution in [0.4, 0.5) is 0 Å². The average Bonchev–Trinajstić information content (AvgIpc) is 2.08. The van der Waals surface area contributed by atoms with E-state index < -0.39 is 5.97 Å². The average molecular weight is 201 g/mol. The number of hydrogen-bond donors (Lipinski definition) is 1. The summed E-state index contributed by atoms with van der Waals surface area (Å²) < 4.78 is 5.13. The van der Waals surface area contributed by atoms with Gasteiger partial charge in [-0.05, 0) is 19.1 Å². The Hall–Kier alpha value is -1.22. The fourth-order valence-electron chi connectivity index (χ4n) is 0.943. The molecule has 0 bridgehead atoms. The summed E-state index contributed by atoms with van der Waals surface area (Å²) in [6.07, 6.45) is 0. The molecule has 0 heterocycles. The van der Waals surface area contributed by atoms with E-state index in [2.05, 4.69) is 0 Å². The minimum Gasteiger partial charge on any atom is -0.492 e. The fraction of sp³-hybridized carbons (Fsp3) is 0.222. The molecule has 0 aliphatic carbocycles. The third-order valence-corrected chi connectivity index (χ3v) is 1.88. The molecule has 1 rings (SSSR count). The second-order valence-corrected chi connectivity index (χ2v) is 2.73. The lowest BCUT2D eigenvalue weighted by molar-refractivity contribution is 0.0696. The fourth-order valence-corrected chi connectivity index (χ4v) is 1.20. The highest BCUT2D eigenvalue weighted by molar-refractivity contribution is 6.34. The molecule has 0 aromatic heterocycles. The summed E-state index contributed by atoms with van der Waals surface area (Å²) in [5.74, 6) is -0.643. The first-order chi connectivity index (χ1) is 6.16. The summed E-state index contributed by atoms with van der Waals surface area (Å²) >= 11 is 5.78. The minimum atomic E-state index is -1.05. The maximum absolute atomic E-state index is 10.6. The molecule has 0 amide bonds. The van der Waals surface area contributed by atoms with Gasteiger partial charge in [0, 0.05) is 0 Å². The van der Waals surface area contributed by atoms with E-state index in [-0.39, 0.29) is 10.6 Å². The zero-order chi connectivity index (χ0) is 9.84. The molecule has 0 atom stereocenters. The molecule has 0 saturated heterocycles. The molecule has 1 aromatic rings. The number of benzene rings is 1. The van der Waals surface area contributed by atoms with Gasteiger partial charge < -0.3 is 9.84 Å². The number of carboxylic acid groups (broad SMARTS) is 1. The van der Waals surface area contributed by atoms with Gasteiger partial charge in [-0.25, -0.2) is 4.79 Å². The SMILES string of the molecule is CCOc1cccc(C(=O)O)c1Cl. The first kappa shape index (κ1) is 9.86. The molecule has 4 heteroatoms. The molecule has 0 fully saturated rings. The predicted molar refractivity (Wildman–Crippen MR) is 49.6 cm³/mol. The van der Waals surface area contributed by atoms with Crippen LogP contribution in [-0.4, -0.2) is 17.7 Å². The normalized spacial score (nSPS) is 9.69. The molecule has 0 spiro atoms. The van der Waals surface area contributed by atoms with Crippen molar-refractivity contribution in [3.8, 4) is 5.75 Å². The van der Waals surface area contributed by atoms with Gasteiger partial charge in [0.2, 0.25) is 0 Å². The third kappa shape index (κ3) is 2.12. The first-order valence-corrected chi connectivity index (χ1v) is 4.19. The van der Waals surface area contributed by atoms with Gasteiger partial charge >= 0.3 is 5.97 Å². The van der Waals surface area contributed by atoms with E-state index in [1.165, 1.54) is 6.07 Å². The van der Waals surface area contributed by atoms with E-state index in [1.807, 2.05) is 6.92 Å². The number of halogens is 1. The largest absolute Gasteiger partial charge is 0.492 e. The van der Waals surface area contributed by atoms with Gasteiger partial charge in [0.1, 0.15) is 5.75 Å². The number of aromatic carboxylic acids is 1. The quantitative estimate of drug-likeness (QED) is 0.815. The lowest BCUT2D eigenvalue weighted by atomic mass is 10.2. The Balaban J connectivity index is 3.10. The van der Waals surface area contributed by atoms with Crippen molar-refractivity contribution >= 4 is 17.6 Å². The highest BCUT2D eigenvalue weighted by Gasteiger charge is 2.11. The van der Waals surface area contributed by atoms with Crippen molar-refractivity contribution in [2.75, 3.05) is 6.61 Å². The summed E-state index contributed by atoms with van der Waals surface area (Å²) in [5.41, 5.74) is 0.0626. The molecule has 1 N–H and O–H groups in total. The number of ether oxygens (including phenoxy) is 1. The smallest absolute Gasteiger partial charge is 0.337 e. The maximum Gasteiger partial charge on any atom is 0.337 e. The van der Waals surface area contributed by atoms with Crippen LogP contribution in [0.25, 0.3) is 0 Å². The molecular formula is C9H9ClO3. The van der Waals surface area contributed by atoms with Gasteiger partial charge in [0.15, 0.2) is 0 Å². The van der Waals surface area contributed by atoms with Crippen LogP contribution in [0.2, 0.25) is 5.02 Å². The number of rotatable bonds is 3. The topological polar surface area (TPSA) is 46.5 Å². The molecule has 0 saturated carbocycles. The second kappa shape index (κ2) is 4.14. The van der Waals surface area contributed by atoms with Crippen LogP contribution in [0.5, 0.6) is 5.75 Å². The highest BCUT2D eigenvalue weighted by Crippen LogP contribution is 2.27. The van der Waals surface area contributed by atoms with Crippen molar-refractivity contribution in [3.05, 3.63) is 28.8 Å². The first-order valence-electron chi connectivity index (χ1n) is 3.81. The van der Waals surface area contributed by atoms with Gasteiger partial charge in [0.05, 0.1) is 17.2 Å². The van der Waals surface area contributed by atoms with Gasteiger partial charge in [0.25, 0.3) is 0 Å². The molecule has 0 unspecified atom stereocenters. The lowest BCUT2D eigenvalue weighted by Crippen LogP contribution is -2.00. The molecule has 0 aliphatic heterocycles. The Labute approximate surface area is 80.9 Å². The lowest BCUT2D eigenvalue weighted by Gasteiger charge is -2.06. The summed E-state index contributed by atoms with van der Waals surface area (Å²) in [6.45, 7) is 2.27. The van der Waals surface area contributed by atoms with Crippen LogP contribution in [0.15, 0.2) is 18.2 Å². The van der Waals surface area contributed by atoms with Gasteiger partial charge in [-0.2, -0.15) is 0 Å². The summed E-state index contributed by atoms with van der Waals surface area (Å²) in [4.78, 5) is 10.6. The molecule has 13 heavy (non-hydrogen) atoms. The van der Waals surface area contributed by atoms with E-state index in [1.54, 1.807) is 12.1 Å². The predicted octanol–water partition coefficient (Wildman–Crippen LogP) is 2.44. The van der Waals surface area contributed by atoms with Gasteiger partial charge in [-0.15, -0.1) is 0 Å². The number of carboxylic acids is 1. The maximum atomic E-state index is 10.6. The van der Waals surface area contributed by atoms with E-state index in [9.17, 15) is 4.79 Å². The molecule has 0 radical (unpaired) electrons. The van der Waals surface area contributed by atoms with Crippen LogP contribution in [0.1, 0.15) is 17.3 Å². The van der Waals surface area contributed by atoms with E-state index in [0.717, 1.165) is 0 Å². The van der Waals surface area contributed by atoms with E-state index >= 15 is 0 Å². The Bertz CT molecular complexity index is 323. The highest BCUT2D eigenvalue weighted by atomic mass is 35.5. The van der Waals surface area contributed by atoms with Crippen molar-refractivity contribution < 1.29 is 14.6 Å². The Morgan fingerprint density at radius 2 is 2.31 bits per heavy atom. The number of hydrogen-bond acceptors (Lipinski definition) is 2. The van der Waals surface area contributed by atoms with Crippen molar-refractivity contribution in [3.63, 3.8) is 0 Å². The molecule has 0 aliphatic rings. The van der Waals surface area contributed by atoms with E-state index in [4.69, 9.17) is 21.4 Å². The van der Waals surface area contributed by atoms with Crippen LogP contribution >= 0.6 is 11.6 Å². The zero-order valence-corrected chi connectivity index (χ0v) is 7.84. The Morgan fingerprint density at radius 3 is 2.85 bits per heavy atom. The summed E-state index contributed by atoms with van der Waals surface area (Å²) in [5, 5.41) is 8.87. The number of carbonyl (C=O) groups is 1. The Kier molecular flexibility index (Phi) is 3.14. The Morgan fingerprint density at radius 1 is 1.62 bits per heavy atom. The van der Waals surface area contributed by atoms with E-state index in [0.29, 0.717) is 12.4 Å². The summed E-state index contributed by atoms with van der Waals surface area (Å²) in [6, 6.07) is 4.67. The minimum absolute atomic E-state index is 0.0626. The van der Waals surface area contributed by atoms with Gasteiger partial charge in [-0.3, -0.25) is 0 Å². The third-order valence-electron chi connectivity index (χ3n) is 1.49. The van der Waals surface area contributed by atoms with Crippen LogP contribution in [0.3, 0.4) is 0 Å². The monoisotopic (exact) mass is 200 g/mol. The zero-order valence-electron chi connectivity index (χ0n) is 7.08.